The Morgan fingerprint density at radius 2 is 1.55 bits per heavy atom. The van der Waals surface area contributed by atoms with Gasteiger partial charge in [0.05, 0.1) is 18.9 Å². The third-order valence-corrected chi connectivity index (χ3v) is 5.88. The first-order valence-corrected chi connectivity index (χ1v) is 13.1. The van der Waals surface area contributed by atoms with E-state index in [0.29, 0.717) is 43.9 Å². The molecule has 1 N–H and O–H groups in total. The molecule has 1 amide bonds. The molecule has 1 aromatic rings. The second-order valence-corrected chi connectivity index (χ2v) is 8.97. The van der Waals surface area contributed by atoms with Gasteiger partial charge in [0.25, 0.3) is 0 Å². The topological polar surface area (TPSA) is 64.6 Å². The summed E-state index contributed by atoms with van der Waals surface area (Å²) >= 11 is 2.03. The van der Waals surface area contributed by atoms with Crippen LogP contribution in [0.25, 0.3) is 0 Å². The number of para-hydroxylation sites is 2. The van der Waals surface area contributed by atoms with E-state index in [1.165, 1.54) is 50.0 Å². The van der Waals surface area contributed by atoms with Gasteiger partial charge in [-0.3, -0.25) is 9.59 Å². The lowest BCUT2D eigenvalue weighted by atomic mass is 10.1. The van der Waals surface area contributed by atoms with Gasteiger partial charge in [0.2, 0.25) is 5.91 Å². The van der Waals surface area contributed by atoms with Crippen molar-refractivity contribution >= 4 is 29.3 Å². The molecule has 1 aromatic carbocycles. The molecule has 0 unspecified atom stereocenters. The van der Waals surface area contributed by atoms with Crippen LogP contribution in [0.2, 0.25) is 0 Å². The average Bonchev–Trinajstić information content (AvgIpc) is 2.76. The summed E-state index contributed by atoms with van der Waals surface area (Å²) in [6.45, 7) is 4.81. The number of unbranched alkanes of at least 4 members (excludes halogenated alkanes) is 7. The Bertz CT molecular complexity index is 609. The van der Waals surface area contributed by atoms with Gasteiger partial charge in [0, 0.05) is 12.8 Å². The Balaban J connectivity index is 2.14. The minimum Gasteiger partial charge on any atom is -0.491 e. The minimum atomic E-state index is -0.209. The molecule has 0 atom stereocenters. The predicted octanol–water partition coefficient (Wildman–Crippen LogP) is 6.61. The first-order chi connectivity index (χ1) is 15.2. The largest absolute Gasteiger partial charge is 0.491 e. The molecule has 176 valence electrons. The van der Waals surface area contributed by atoms with Gasteiger partial charge in [-0.05, 0) is 49.8 Å². The van der Waals surface area contributed by atoms with E-state index in [1.54, 1.807) is 6.92 Å². The van der Waals surface area contributed by atoms with E-state index in [0.717, 1.165) is 12.8 Å². The Labute approximate surface area is 193 Å². The smallest absolute Gasteiger partial charge is 0.305 e. The Morgan fingerprint density at radius 1 is 0.871 bits per heavy atom. The Kier molecular flexibility index (Phi) is 16.8. The summed E-state index contributed by atoms with van der Waals surface area (Å²) in [4.78, 5) is 23.7. The summed E-state index contributed by atoms with van der Waals surface area (Å²) in [6, 6.07) is 7.43. The molecule has 0 bridgehead atoms. The van der Waals surface area contributed by atoms with Crippen LogP contribution in [0.3, 0.4) is 0 Å². The van der Waals surface area contributed by atoms with E-state index in [4.69, 9.17) is 9.47 Å². The number of nitrogens with one attached hydrogen (secondary N) is 1. The monoisotopic (exact) mass is 451 g/mol. The van der Waals surface area contributed by atoms with Gasteiger partial charge in [0.15, 0.2) is 0 Å². The maximum Gasteiger partial charge on any atom is 0.305 e. The molecule has 1 rings (SSSR count). The number of amides is 1. The predicted molar refractivity (Wildman–Crippen MR) is 131 cm³/mol. The summed E-state index contributed by atoms with van der Waals surface area (Å²) in [5.74, 6) is 2.98. The fourth-order valence-corrected chi connectivity index (χ4v) is 3.93. The molecule has 0 spiro atoms. The molecule has 31 heavy (non-hydrogen) atoms. The third kappa shape index (κ3) is 14.9. The van der Waals surface area contributed by atoms with Crippen LogP contribution in [0.1, 0.15) is 84.5 Å². The number of carbonyl (C=O) groups is 2. The first kappa shape index (κ1) is 27.3. The number of ether oxygens (including phenoxy) is 2. The van der Waals surface area contributed by atoms with Gasteiger partial charge in [-0.2, -0.15) is 11.8 Å². The molecule has 0 saturated heterocycles. The summed E-state index contributed by atoms with van der Waals surface area (Å²) in [6.07, 6.45) is 11.3. The van der Waals surface area contributed by atoms with Crippen LogP contribution < -0.4 is 10.1 Å². The van der Waals surface area contributed by atoms with Crippen LogP contribution in [-0.4, -0.2) is 36.6 Å². The zero-order valence-corrected chi connectivity index (χ0v) is 20.3. The Morgan fingerprint density at radius 3 is 2.26 bits per heavy atom. The highest BCUT2D eigenvalue weighted by Crippen LogP contribution is 2.24. The van der Waals surface area contributed by atoms with Crippen molar-refractivity contribution in [2.45, 2.75) is 84.5 Å². The van der Waals surface area contributed by atoms with E-state index >= 15 is 0 Å². The summed E-state index contributed by atoms with van der Waals surface area (Å²) in [7, 11) is 0. The zero-order valence-electron chi connectivity index (χ0n) is 19.5. The molecule has 0 aliphatic rings. The maximum atomic E-state index is 12.3. The lowest BCUT2D eigenvalue weighted by molar-refractivity contribution is -0.143. The third-order valence-electron chi connectivity index (χ3n) is 4.90. The Hall–Kier alpha value is -1.69. The average molecular weight is 452 g/mol. The van der Waals surface area contributed by atoms with Crippen LogP contribution in [0.4, 0.5) is 5.69 Å². The molecule has 5 nitrogen and oxygen atoms in total. The van der Waals surface area contributed by atoms with Crippen molar-refractivity contribution in [3.05, 3.63) is 24.3 Å². The normalized spacial score (nSPS) is 10.6. The summed E-state index contributed by atoms with van der Waals surface area (Å²) in [5.41, 5.74) is 0.685. The van der Waals surface area contributed by atoms with Gasteiger partial charge in [0.1, 0.15) is 5.75 Å². The molecule has 0 saturated carbocycles. The van der Waals surface area contributed by atoms with Crippen molar-refractivity contribution in [2.24, 2.45) is 0 Å². The highest BCUT2D eigenvalue weighted by atomic mass is 32.2. The zero-order chi connectivity index (χ0) is 22.6. The van der Waals surface area contributed by atoms with Crippen molar-refractivity contribution in [2.75, 3.05) is 30.0 Å². The molecule has 0 aliphatic heterocycles. The van der Waals surface area contributed by atoms with Crippen LogP contribution in [0.15, 0.2) is 24.3 Å². The summed E-state index contributed by atoms with van der Waals surface area (Å²) < 4.78 is 10.7. The molecular formula is C25H41NO4S. The van der Waals surface area contributed by atoms with Gasteiger partial charge >= 0.3 is 5.97 Å². The molecule has 0 aromatic heterocycles. The van der Waals surface area contributed by atoms with Gasteiger partial charge in [-0.25, -0.2) is 0 Å². The molecule has 0 aliphatic carbocycles. The van der Waals surface area contributed by atoms with Crippen molar-refractivity contribution in [1.29, 1.82) is 0 Å². The molecule has 0 heterocycles. The van der Waals surface area contributed by atoms with Crippen molar-refractivity contribution in [3.63, 3.8) is 0 Å². The second kappa shape index (κ2) is 19.0. The number of hydrogen-bond acceptors (Lipinski definition) is 5. The second-order valence-electron chi connectivity index (χ2n) is 7.58. The SMILES string of the molecule is CCOC(=O)CCCOc1ccccc1NC(=O)CCCCCCCCCCSCC. The highest BCUT2D eigenvalue weighted by molar-refractivity contribution is 7.99. The van der Waals surface area contributed by atoms with Crippen LogP contribution in [0.5, 0.6) is 5.75 Å². The molecule has 0 fully saturated rings. The number of anilines is 1. The van der Waals surface area contributed by atoms with E-state index in [1.807, 2.05) is 36.0 Å². The van der Waals surface area contributed by atoms with E-state index in [-0.39, 0.29) is 11.9 Å². The molecule has 0 radical (unpaired) electrons. The summed E-state index contributed by atoms with van der Waals surface area (Å²) in [5, 5.41) is 2.96. The number of benzene rings is 1. The standard InChI is InChI=1S/C25H41NO4S/c1-3-29-25(28)19-15-20-30-23-17-13-12-16-22(23)26-24(27)18-11-9-7-5-6-8-10-14-21-31-4-2/h12-13,16-17H,3-11,14-15,18-21H2,1-2H3,(H,26,27). The maximum absolute atomic E-state index is 12.3. The van der Waals surface area contributed by atoms with Crippen LogP contribution >= 0.6 is 11.8 Å². The lowest BCUT2D eigenvalue weighted by Gasteiger charge is -2.12. The highest BCUT2D eigenvalue weighted by Gasteiger charge is 2.08. The minimum absolute atomic E-state index is 0.0241. The van der Waals surface area contributed by atoms with Crippen molar-refractivity contribution in [1.82, 2.24) is 0 Å². The number of thioether (sulfide) groups is 1. The molecular weight excluding hydrogens is 410 g/mol. The van der Waals surface area contributed by atoms with Crippen molar-refractivity contribution in [3.8, 4) is 5.75 Å². The first-order valence-electron chi connectivity index (χ1n) is 11.9. The number of hydrogen-bond donors (Lipinski definition) is 1. The van der Waals surface area contributed by atoms with E-state index < -0.39 is 0 Å². The van der Waals surface area contributed by atoms with Crippen LogP contribution in [0, 0.1) is 0 Å². The number of carbonyl (C=O) groups excluding carboxylic acids is 2. The lowest BCUT2D eigenvalue weighted by Crippen LogP contribution is -2.13. The van der Waals surface area contributed by atoms with E-state index in [9.17, 15) is 9.59 Å². The molecule has 6 heteroatoms. The van der Waals surface area contributed by atoms with Gasteiger partial charge in [-0.15, -0.1) is 0 Å². The quantitative estimate of drug-likeness (QED) is 0.189. The van der Waals surface area contributed by atoms with E-state index in [2.05, 4.69) is 12.2 Å². The fraction of sp³-hybridized carbons (Fsp3) is 0.680. The van der Waals surface area contributed by atoms with Gasteiger partial charge in [-0.1, -0.05) is 57.6 Å². The van der Waals surface area contributed by atoms with Gasteiger partial charge < -0.3 is 14.8 Å². The number of esters is 1. The number of rotatable bonds is 19. The van der Waals surface area contributed by atoms with Crippen molar-refractivity contribution < 1.29 is 19.1 Å². The fourth-order valence-electron chi connectivity index (χ4n) is 3.23. The van der Waals surface area contributed by atoms with Crippen LogP contribution in [-0.2, 0) is 14.3 Å².